The van der Waals surface area contributed by atoms with E-state index in [-0.39, 0.29) is 35.9 Å². The summed E-state index contributed by atoms with van der Waals surface area (Å²) in [6.45, 7) is 3.47. The highest BCUT2D eigenvalue weighted by Gasteiger charge is 2.23. The van der Waals surface area contributed by atoms with E-state index in [9.17, 15) is 18.0 Å². The fourth-order valence-corrected chi connectivity index (χ4v) is 3.98. The van der Waals surface area contributed by atoms with Gasteiger partial charge in [-0.05, 0) is 49.6 Å². The zero-order valence-corrected chi connectivity index (χ0v) is 18.2. The number of fused-ring (bicyclic) bond motifs is 2. The number of H-pyrrole nitrogens is 1. The van der Waals surface area contributed by atoms with Gasteiger partial charge in [-0.15, -0.1) is 12.4 Å². The zero-order chi connectivity index (χ0) is 22.1. The van der Waals surface area contributed by atoms with Crippen LogP contribution in [0, 0.1) is 17.5 Å². The molecule has 32 heavy (non-hydrogen) atoms. The Labute approximate surface area is 189 Å². The predicted octanol–water partition coefficient (Wildman–Crippen LogP) is 4.79. The number of nitrogens with zero attached hydrogens (tertiary/aromatic N) is 1. The standard InChI is InChI=1S/C23H22F3N3O2.ClH/c1-2-29(7-3-4-13-11-28-21-17(13)8-14(24)9-20(21)26)15-10-18-19(25)6-5-16(23(27)30)22(18)31-12-15;/h5-6,8-11,28H,2-4,7,12H2,1H3,(H2,27,30);1H. The molecule has 2 heterocycles. The molecule has 0 unspecified atom stereocenters. The Balaban J connectivity index is 0.00000289. The summed E-state index contributed by atoms with van der Waals surface area (Å²) in [5, 5.41) is 0.538. The smallest absolute Gasteiger partial charge is 0.252 e. The Morgan fingerprint density at radius 1 is 1.22 bits per heavy atom. The summed E-state index contributed by atoms with van der Waals surface area (Å²) >= 11 is 0. The summed E-state index contributed by atoms with van der Waals surface area (Å²) in [6.07, 6.45) is 4.71. The van der Waals surface area contributed by atoms with Gasteiger partial charge in [0.05, 0.1) is 22.3 Å². The molecular formula is C23H23ClF3N3O2. The van der Waals surface area contributed by atoms with E-state index in [2.05, 4.69) is 9.88 Å². The van der Waals surface area contributed by atoms with Crippen molar-refractivity contribution in [3.63, 3.8) is 0 Å². The molecule has 0 saturated heterocycles. The average Bonchev–Trinajstić information content (AvgIpc) is 3.14. The second-order valence-electron chi connectivity index (χ2n) is 7.43. The van der Waals surface area contributed by atoms with Crippen molar-refractivity contribution in [2.24, 2.45) is 5.73 Å². The van der Waals surface area contributed by atoms with Crippen LogP contribution in [0.15, 0.2) is 36.2 Å². The van der Waals surface area contributed by atoms with Crippen molar-refractivity contribution in [3.8, 4) is 5.75 Å². The third-order valence-electron chi connectivity index (χ3n) is 5.54. The number of benzene rings is 2. The molecule has 0 aliphatic carbocycles. The number of carbonyl (C=O) groups is 1. The molecule has 0 bridgehead atoms. The molecule has 1 aliphatic heterocycles. The van der Waals surface area contributed by atoms with Gasteiger partial charge in [-0.3, -0.25) is 4.79 Å². The summed E-state index contributed by atoms with van der Waals surface area (Å²) in [5.41, 5.74) is 7.62. The number of halogens is 4. The summed E-state index contributed by atoms with van der Waals surface area (Å²) in [6, 6.07) is 4.71. The van der Waals surface area contributed by atoms with Crippen molar-refractivity contribution in [2.75, 3.05) is 19.7 Å². The molecule has 5 nitrogen and oxygen atoms in total. The van der Waals surface area contributed by atoms with Crippen LogP contribution in [0.4, 0.5) is 13.2 Å². The van der Waals surface area contributed by atoms with Crippen LogP contribution in [0.3, 0.4) is 0 Å². The number of nitrogens with two attached hydrogens (primary N) is 1. The van der Waals surface area contributed by atoms with E-state index in [1.165, 1.54) is 18.2 Å². The lowest BCUT2D eigenvalue weighted by Gasteiger charge is -2.30. The number of aromatic nitrogens is 1. The molecule has 0 spiro atoms. The normalized spacial score (nSPS) is 12.6. The first-order valence-corrected chi connectivity index (χ1v) is 10.0. The summed E-state index contributed by atoms with van der Waals surface area (Å²) in [7, 11) is 0. The van der Waals surface area contributed by atoms with Gasteiger partial charge in [0.1, 0.15) is 29.8 Å². The van der Waals surface area contributed by atoms with Crippen LogP contribution >= 0.6 is 12.4 Å². The number of ether oxygens (including phenoxy) is 1. The lowest BCUT2D eigenvalue weighted by atomic mass is 10.0. The van der Waals surface area contributed by atoms with Gasteiger partial charge in [0, 0.05) is 30.7 Å². The number of aryl methyl sites for hydroxylation is 1. The Morgan fingerprint density at radius 3 is 2.72 bits per heavy atom. The predicted molar refractivity (Wildman–Crippen MR) is 119 cm³/mol. The van der Waals surface area contributed by atoms with Crippen LogP contribution in [-0.2, 0) is 6.42 Å². The third-order valence-corrected chi connectivity index (χ3v) is 5.54. The minimum Gasteiger partial charge on any atom is -0.486 e. The van der Waals surface area contributed by atoms with Crippen molar-refractivity contribution in [1.82, 2.24) is 9.88 Å². The summed E-state index contributed by atoms with van der Waals surface area (Å²) < 4.78 is 47.5. The Morgan fingerprint density at radius 2 is 2.00 bits per heavy atom. The van der Waals surface area contributed by atoms with Crippen LogP contribution in [0.1, 0.15) is 34.8 Å². The zero-order valence-electron chi connectivity index (χ0n) is 17.4. The number of hydrogen-bond acceptors (Lipinski definition) is 3. The molecule has 4 rings (SSSR count). The van der Waals surface area contributed by atoms with Gasteiger partial charge in [0.2, 0.25) is 0 Å². The highest BCUT2D eigenvalue weighted by Crippen LogP contribution is 2.33. The van der Waals surface area contributed by atoms with Crippen molar-refractivity contribution in [3.05, 3.63) is 70.3 Å². The van der Waals surface area contributed by atoms with Gasteiger partial charge in [0.25, 0.3) is 5.91 Å². The van der Waals surface area contributed by atoms with Crippen LogP contribution in [-0.4, -0.2) is 35.5 Å². The minimum absolute atomic E-state index is 0. The van der Waals surface area contributed by atoms with Crippen molar-refractivity contribution < 1.29 is 22.7 Å². The van der Waals surface area contributed by atoms with Gasteiger partial charge in [-0.25, -0.2) is 13.2 Å². The number of hydrogen-bond donors (Lipinski definition) is 2. The third kappa shape index (κ3) is 4.41. The second-order valence-corrected chi connectivity index (χ2v) is 7.43. The Bertz CT molecular complexity index is 1190. The van der Waals surface area contributed by atoms with Gasteiger partial charge in [0.15, 0.2) is 0 Å². The first kappa shape index (κ1) is 23.5. The molecule has 0 saturated carbocycles. The van der Waals surface area contributed by atoms with E-state index in [1.54, 1.807) is 12.3 Å². The molecule has 3 N–H and O–H groups in total. The molecule has 3 aromatic rings. The molecule has 9 heteroatoms. The molecule has 0 atom stereocenters. The van der Waals surface area contributed by atoms with Gasteiger partial charge < -0.3 is 20.4 Å². The molecule has 0 radical (unpaired) electrons. The average molecular weight is 466 g/mol. The second kappa shape index (κ2) is 9.56. The molecule has 1 amide bonds. The summed E-state index contributed by atoms with van der Waals surface area (Å²) in [4.78, 5) is 16.5. The van der Waals surface area contributed by atoms with Gasteiger partial charge in [-0.2, -0.15) is 0 Å². The van der Waals surface area contributed by atoms with E-state index < -0.39 is 23.4 Å². The largest absolute Gasteiger partial charge is 0.486 e. The van der Waals surface area contributed by atoms with Crippen molar-refractivity contribution >= 4 is 35.3 Å². The number of nitrogens with one attached hydrogen (secondary N) is 1. The Hall–Kier alpha value is -3.13. The highest BCUT2D eigenvalue weighted by atomic mass is 35.5. The maximum absolute atomic E-state index is 14.3. The number of amides is 1. The molecule has 1 aliphatic rings. The van der Waals surface area contributed by atoms with E-state index in [4.69, 9.17) is 10.5 Å². The van der Waals surface area contributed by atoms with Crippen LogP contribution in [0.5, 0.6) is 5.75 Å². The lowest BCUT2D eigenvalue weighted by molar-refractivity contribution is 0.0996. The first-order chi connectivity index (χ1) is 14.9. The number of primary amides is 1. The van der Waals surface area contributed by atoms with Crippen LogP contribution < -0.4 is 10.5 Å². The molecule has 1 aromatic heterocycles. The quantitative estimate of drug-likeness (QED) is 0.527. The van der Waals surface area contributed by atoms with E-state index >= 15 is 0 Å². The minimum atomic E-state index is -0.674. The maximum Gasteiger partial charge on any atom is 0.252 e. The maximum atomic E-state index is 14.3. The molecule has 0 fully saturated rings. The fourth-order valence-electron chi connectivity index (χ4n) is 3.98. The number of likely N-dealkylation sites (N-methyl/N-ethyl adjacent to an activating group) is 1. The Kier molecular flexibility index (Phi) is 7.03. The number of rotatable bonds is 7. The first-order valence-electron chi connectivity index (χ1n) is 10.0. The van der Waals surface area contributed by atoms with E-state index in [1.807, 2.05) is 6.92 Å². The number of aromatic amines is 1. The fraction of sp³-hybridized carbons (Fsp3) is 0.261. The van der Waals surface area contributed by atoms with E-state index in [0.29, 0.717) is 36.8 Å². The van der Waals surface area contributed by atoms with Gasteiger partial charge in [-0.1, -0.05) is 0 Å². The SMILES string of the molecule is CCN(CCCc1c[nH]c2c(F)cc(F)cc12)C1=Cc2c(F)ccc(C(N)=O)c2OC1.Cl. The van der Waals surface area contributed by atoms with Crippen molar-refractivity contribution in [2.45, 2.75) is 19.8 Å². The highest BCUT2D eigenvalue weighted by molar-refractivity contribution is 5.97. The van der Waals surface area contributed by atoms with Crippen LogP contribution in [0.2, 0.25) is 0 Å². The van der Waals surface area contributed by atoms with Crippen molar-refractivity contribution in [1.29, 1.82) is 0 Å². The molecular weight excluding hydrogens is 443 g/mol. The topological polar surface area (TPSA) is 71.3 Å². The number of carbonyl (C=O) groups excluding carboxylic acids is 1. The lowest BCUT2D eigenvalue weighted by Crippen LogP contribution is -2.30. The molecule has 170 valence electrons. The van der Waals surface area contributed by atoms with Crippen LogP contribution in [0.25, 0.3) is 17.0 Å². The molecule has 2 aromatic carbocycles. The summed E-state index contributed by atoms with van der Waals surface area (Å²) in [5.74, 6) is -2.23. The van der Waals surface area contributed by atoms with E-state index in [0.717, 1.165) is 17.3 Å². The van der Waals surface area contributed by atoms with Gasteiger partial charge >= 0.3 is 0 Å². The monoisotopic (exact) mass is 465 g/mol.